The predicted molar refractivity (Wildman–Crippen MR) is 142 cm³/mol. The fourth-order valence-electron chi connectivity index (χ4n) is 6.72. The molecule has 0 saturated heterocycles. The van der Waals surface area contributed by atoms with Crippen molar-refractivity contribution in [3.63, 3.8) is 0 Å². The monoisotopic (exact) mass is 445 g/mol. The quantitative estimate of drug-likeness (QED) is 0.229. The Kier molecular flexibility index (Phi) is 3.14. The van der Waals surface area contributed by atoms with Gasteiger partial charge in [-0.05, 0) is 87.0 Å². The number of aromatic nitrogens is 3. The van der Waals surface area contributed by atoms with Crippen molar-refractivity contribution in [2.45, 2.75) is 12.8 Å². The van der Waals surface area contributed by atoms with Crippen LogP contribution in [0.3, 0.4) is 0 Å². The van der Waals surface area contributed by atoms with E-state index in [4.69, 9.17) is 4.98 Å². The molecular weight excluding hydrogens is 426 g/mol. The number of rotatable bonds is 0. The summed E-state index contributed by atoms with van der Waals surface area (Å²) in [5.41, 5.74) is 15.7. The first-order chi connectivity index (χ1) is 17.4. The van der Waals surface area contributed by atoms with Gasteiger partial charge in [-0.25, -0.2) is 4.98 Å². The smallest absolute Gasteiger partial charge is 0.146 e. The summed E-state index contributed by atoms with van der Waals surface area (Å²) in [6.07, 6.45) is 5.90. The van der Waals surface area contributed by atoms with Crippen LogP contribution in [0.2, 0.25) is 0 Å². The molecule has 3 heterocycles. The van der Waals surface area contributed by atoms with Gasteiger partial charge in [-0.3, -0.25) is 9.38 Å². The maximum Gasteiger partial charge on any atom is 0.146 e. The van der Waals surface area contributed by atoms with Crippen LogP contribution in [0.25, 0.3) is 60.6 Å². The fourth-order valence-corrected chi connectivity index (χ4v) is 6.72. The average Bonchev–Trinajstić information content (AvgIpc) is 3.59. The SMILES string of the molecule is c1ccc2c(c1)Cc1ccc3c(c1-2)Cc1c-3ccc2c1c1ccncc1n1c3ccccc3nc21. The van der Waals surface area contributed by atoms with Crippen molar-refractivity contribution in [2.24, 2.45) is 0 Å². The van der Waals surface area contributed by atoms with E-state index >= 15 is 0 Å². The third kappa shape index (κ3) is 2.12. The van der Waals surface area contributed by atoms with Gasteiger partial charge in [-0.1, -0.05) is 54.6 Å². The molecule has 3 nitrogen and oxygen atoms in total. The maximum atomic E-state index is 5.09. The fraction of sp³-hybridized carbons (Fsp3) is 0.0625. The summed E-state index contributed by atoms with van der Waals surface area (Å²) in [6.45, 7) is 0. The van der Waals surface area contributed by atoms with E-state index in [1.165, 1.54) is 60.7 Å². The average molecular weight is 446 g/mol. The largest absolute Gasteiger partial charge is 0.290 e. The van der Waals surface area contributed by atoms with E-state index in [0.717, 1.165) is 35.0 Å². The van der Waals surface area contributed by atoms with Crippen LogP contribution < -0.4 is 0 Å². The number of nitrogens with zero attached hydrogens (tertiary/aromatic N) is 3. The number of hydrogen-bond acceptors (Lipinski definition) is 2. The maximum absolute atomic E-state index is 5.09. The van der Waals surface area contributed by atoms with Gasteiger partial charge in [0, 0.05) is 17.0 Å². The summed E-state index contributed by atoms with van der Waals surface area (Å²) in [7, 11) is 0. The molecule has 0 radical (unpaired) electrons. The number of imidazole rings is 1. The van der Waals surface area contributed by atoms with E-state index in [1.54, 1.807) is 0 Å². The zero-order valence-corrected chi connectivity index (χ0v) is 18.9. The number of pyridine rings is 2. The molecule has 162 valence electrons. The Morgan fingerprint density at radius 1 is 0.629 bits per heavy atom. The minimum atomic E-state index is 0.952. The van der Waals surface area contributed by atoms with Crippen LogP contribution in [-0.4, -0.2) is 14.4 Å². The lowest BCUT2D eigenvalue weighted by molar-refractivity contribution is 1.24. The molecule has 0 atom stereocenters. The standard InChI is InChI=1S/C32H19N3/c1-2-6-20-18(5-1)15-19-9-10-21-22-11-12-24-31(26(22)16-25(21)30(19)20)23-13-14-33-17-29(23)35-28-8-4-3-7-27(28)34-32(24)35/h1-14,17H,15-16H2. The first-order valence-electron chi connectivity index (χ1n) is 12.2. The summed E-state index contributed by atoms with van der Waals surface area (Å²) in [6, 6.07) is 28.8. The van der Waals surface area contributed by atoms with E-state index in [1.807, 2.05) is 12.4 Å². The molecule has 0 bridgehead atoms. The van der Waals surface area contributed by atoms with Crippen LogP contribution in [0.1, 0.15) is 22.3 Å². The summed E-state index contributed by atoms with van der Waals surface area (Å²) in [5.74, 6) is 0. The Morgan fingerprint density at radius 2 is 1.49 bits per heavy atom. The summed E-state index contributed by atoms with van der Waals surface area (Å²) >= 11 is 0. The van der Waals surface area contributed by atoms with E-state index in [0.29, 0.717) is 0 Å². The minimum absolute atomic E-state index is 0.952. The highest BCUT2D eigenvalue weighted by Gasteiger charge is 2.30. The van der Waals surface area contributed by atoms with Crippen LogP contribution in [0.4, 0.5) is 0 Å². The van der Waals surface area contributed by atoms with Crippen LogP contribution >= 0.6 is 0 Å². The lowest BCUT2D eigenvalue weighted by Crippen LogP contribution is -1.95. The second-order valence-electron chi connectivity index (χ2n) is 9.80. The van der Waals surface area contributed by atoms with E-state index in [-0.39, 0.29) is 0 Å². The molecule has 0 unspecified atom stereocenters. The Morgan fingerprint density at radius 3 is 2.49 bits per heavy atom. The van der Waals surface area contributed by atoms with Crippen molar-refractivity contribution >= 4 is 38.4 Å². The second-order valence-corrected chi connectivity index (χ2v) is 9.80. The molecule has 35 heavy (non-hydrogen) atoms. The third-order valence-corrected chi connectivity index (χ3v) is 8.14. The van der Waals surface area contributed by atoms with Gasteiger partial charge >= 0.3 is 0 Å². The van der Waals surface area contributed by atoms with Crippen molar-refractivity contribution in [2.75, 3.05) is 0 Å². The first kappa shape index (κ1) is 17.9. The molecule has 3 heteroatoms. The minimum Gasteiger partial charge on any atom is -0.290 e. The van der Waals surface area contributed by atoms with Gasteiger partial charge in [-0.15, -0.1) is 0 Å². The number of hydrogen-bond donors (Lipinski definition) is 0. The molecule has 0 fully saturated rings. The highest BCUT2D eigenvalue weighted by Crippen LogP contribution is 2.50. The number of fused-ring (bicyclic) bond motifs is 16. The zero-order chi connectivity index (χ0) is 22.7. The van der Waals surface area contributed by atoms with Crippen LogP contribution in [0, 0.1) is 0 Å². The van der Waals surface area contributed by atoms with Crippen LogP contribution in [-0.2, 0) is 12.8 Å². The van der Waals surface area contributed by atoms with Gasteiger partial charge < -0.3 is 0 Å². The van der Waals surface area contributed by atoms with Gasteiger partial charge in [0.2, 0.25) is 0 Å². The number of para-hydroxylation sites is 2. The number of benzene rings is 4. The van der Waals surface area contributed by atoms with Gasteiger partial charge in [0.1, 0.15) is 5.65 Å². The molecule has 0 amide bonds. The molecule has 0 N–H and O–H groups in total. The van der Waals surface area contributed by atoms with Gasteiger partial charge in [0.05, 0.1) is 22.7 Å². The lowest BCUT2D eigenvalue weighted by atomic mass is 9.95. The highest BCUT2D eigenvalue weighted by molar-refractivity contribution is 6.17. The summed E-state index contributed by atoms with van der Waals surface area (Å²) < 4.78 is 2.28. The van der Waals surface area contributed by atoms with Crippen molar-refractivity contribution < 1.29 is 0 Å². The van der Waals surface area contributed by atoms with Crippen molar-refractivity contribution in [3.05, 3.63) is 114 Å². The normalized spacial score (nSPS) is 13.5. The highest BCUT2D eigenvalue weighted by atomic mass is 15.0. The van der Waals surface area contributed by atoms with E-state index in [9.17, 15) is 0 Å². The molecule has 4 aromatic carbocycles. The van der Waals surface area contributed by atoms with Gasteiger partial charge in [-0.2, -0.15) is 0 Å². The Labute approximate surface area is 201 Å². The molecule has 2 aliphatic rings. The Balaban J connectivity index is 1.42. The van der Waals surface area contributed by atoms with Crippen LogP contribution in [0.15, 0.2) is 91.3 Å². The first-order valence-corrected chi connectivity index (χ1v) is 12.2. The molecule has 0 spiro atoms. The summed E-state index contributed by atoms with van der Waals surface area (Å²) in [5, 5.41) is 3.77. The van der Waals surface area contributed by atoms with Crippen molar-refractivity contribution in [3.8, 4) is 22.3 Å². The topological polar surface area (TPSA) is 30.2 Å². The van der Waals surface area contributed by atoms with Crippen molar-refractivity contribution in [1.29, 1.82) is 0 Å². The third-order valence-electron chi connectivity index (χ3n) is 8.14. The molecule has 0 saturated carbocycles. The van der Waals surface area contributed by atoms with Crippen molar-refractivity contribution in [1.82, 2.24) is 14.4 Å². The van der Waals surface area contributed by atoms with E-state index < -0.39 is 0 Å². The Bertz CT molecular complexity index is 2060. The zero-order valence-electron chi connectivity index (χ0n) is 18.9. The van der Waals surface area contributed by atoms with Crippen LogP contribution in [0.5, 0.6) is 0 Å². The molecule has 2 aliphatic carbocycles. The molecule has 3 aromatic heterocycles. The Hall–Kier alpha value is -4.50. The lowest BCUT2D eigenvalue weighted by Gasteiger charge is -2.12. The van der Waals surface area contributed by atoms with Gasteiger partial charge in [0.25, 0.3) is 0 Å². The predicted octanol–water partition coefficient (Wildman–Crippen LogP) is 7.33. The molecule has 9 rings (SSSR count). The summed E-state index contributed by atoms with van der Waals surface area (Å²) in [4.78, 5) is 9.60. The molecular formula is C32H19N3. The van der Waals surface area contributed by atoms with E-state index in [2.05, 4.69) is 88.2 Å². The molecule has 0 aliphatic heterocycles. The second kappa shape index (κ2) is 6.13. The van der Waals surface area contributed by atoms with Gasteiger partial charge in [0.15, 0.2) is 0 Å². The molecule has 7 aromatic rings.